The van der Waals surface area contributed by atoms with Gasteiger partial charge >= 0.3 is 7.60 Å². The van der Waals surface area contributed by atoms with Crippen LogP contribution in [0.1, 0.15) is 0 Å². The first-order valence-corrected chi connectivity index (χ1v) is 4.77. The molecule has 0 aromatic carbocycles. The van der Waals surface area contributed by atoms with Gasteiger partial charge in [-0.3, -0.25) is 13.6 Å². The van der Waals surface area contributed by atoms with Crippen LogP contribution in [0.3, 0.4) is 0 Å². The average Bonchev–Trinajstić information content (AvgIpc) is 2.11. The van der Waals surface area contributed by atoms with Gasteiger partial charge in [-0.05, 0) is 0 Å². The van der Waals surface area contributed by atoms with Crippen molar-refractivity contribution >= 4 is 20.2 Å². The van der Waals surface area contributed by atoms with Crippen molar-refractivity contribution in [3.05, 3.63) is 0 Å². The van der Waals surface area contributed by atoms with Crippen molar-refractivity contribution in [2.75, 3.05) is 19.6 Å². The smallest absolute Gasteiger partial charge is 0.356 e. The average molecular weight is 196 g/mol. The summed E-state index contributed by atoms with van der Waals surface area (Å²) in [5.41, 5.74) is 0. The number of carbonyl (C=O) groups is 2. The van der Waals surface area contributed by atoms with Crippen molar-refractivity contribution < 1.29 is 28.3 Å². The summed E-state index contributed by atoms with van der Waals surface area (Å²) in [6.07, 6.45) is -0.117. The van der Waals surface area contributed by atoms with Crippen LogP contribution in [0.5, 0.6) is 0 Å². The molecule has 0 atom stereocenters. The molecule has 70 valence electrons. The standard InChI is InChI=1S/C5H9O6P/c6-1-3-10-12(9,5-8)11-4-2-7/h1-2,8H,3-5H2. The largest absolute Gasteiger partial charge is 0.384 e. The summed E-state index contributed by atoms with van der Waals surface area (Å²) in [5, 5.41) is 8.49. The first kappa shape index (κ1) is 11.4. The Labute approximate surface area is 69.0 Å². The van der Waals surface area contributed by atoms with Crippen molar-refractivity contribution in [2.24, 2.45) is 0 Å². The van der Waals surface area contributed by atoms with Gasteiger partial charge in [0.15, 0.2) is 0 Å². The minimum atomic E-state index is -3.64. The fourth-order valence-electron chi connectivity index (χ4n) is 0.407. The van der Waals surface area contributed by atoms with Crippen LogP contribution >= 0.6 is 7.60 Å². The van der Waals surface area contributed by atoms with Crippen LogP contribution in [0.2, 0.25) is 0 Å². The summed E-state index contributed by atoms with van der Waals surface area (Å²) in [4.78, 5) is 19.6. The molecule has 0 unspecified atom stereocenters. The number of carbonyl (C=O) groups excluding carboxylic acids is 2. The number of aliphatic hydroxyl groups is 1. The molecule has 0 spiro atoms. The van der Waals surface area contributed by atoms with Crippen LogP contribution in [0, 0.1) is 0 Å². The summed E-state index contributed by atoms with van der Waals surface area (Å²) in [5.74, 6) is 0. The summed E-state index contributed by atoms with van der Waals surface area (Å²) in [6, 6.07) is 0. The Kier molecular flexibility index (Phi) is 5.74. The highest BCUT2D eigenvalue weighted by Crippen LogP contribution is 2.46. The van der Waals surface area contributed by atoms with Gasteiger partial charge in [0.1, 0.15) is 32.1 Å². The SMILES string of the molecule is O=CCOP(=O)(CO)OCC=O. The van der Waals surface area contributed by atoms with E-state index in [1.807, 2.05) is 0 Å². The van der Waals surface area contributed by atoms with E-state index in [2.05, 4.69) is 9.05 Å². The number of aliphatic hydroxyl groups excluding tert-OH is 1. The molecule has 0 amide bonds. The molecule has 0 heterocycles. The third kappa shape index (κ3) is 4.35. The lowest BCUT2D eigenvalue weighted by atomic mass is 10.9. The molecular formula is C5H9O6P. The molecular weight excluding hydrogens is 187 g/mol. The molecule has 0 saturated heterocycles. The van der Waals surface area contributed by atoms with Gasteiger partial charge < -0.3 is 14.7 Å². The first-order valence-electron chi connectivity index (χ1n) is 3.05. The Balaban J connectivity index is 3.94. The Morgan fingerprint density at radius 1 is 1.17 bits per heavy atom. The molecule has 12 heavy (non-hydrogen) atoms. The molecule has 0 radical (unpaired) electrons. The monoisotopic (exact) mass is 196 g/mol. The first-order chi connectivity index (χ1) is 5.68. The van der Waals surface area contributed by atoms with Crippen molar-refractivity contribution in [3.63, 3.8) is 0 Å². The minimum Gasteiger partial charge on any atom is -0.384 e. The Morgan fingerprint density at radius 2 is 1.58 bits per heavy atom. The zero-order valence-electron chi connectivity index (χ0n) is 6.21. The zero-order chi connectivity index (χ0) is 9.45. The van der Waals surface area contributed by atoms with E-state index in [1.54, 1.807) is 0 Å². The second-order valence-electron chi connectivity index (χ2n) is 1.68. The molecule has 1 N–H and O–H groups in total. The molecule has 0 aliphatic heterocycles. The summed E-state index contributed by atoms with van der Waals surface area (Å²) >= 11 is 0. The van der Waals surface area contributed by atoms with E-state index >= 15 is 0 Å². The lowest BCUT2D eigenvalue weighted by molar-refractivity contribution is -0.110. The van der Waals surface area contributed by atoms with Gasteiger partial charge in [0, 0.05) is 0 Å². The Morgan fingerprint density at radius 3 is 1.83 bits per heavy atom. The molecule has 0 saturated carbocycles. The maximum absolute atomic E-state index is 11.1. The van der Waals surface area contributed by atoms with E-state index in [9.17, 15) is 14.2 Å². The Bertz CT molecular complexity index is 174. The van der Waals surface area contributed by atoms with Gasteiger partial charge in [0.25, 0.3) is 0 Å². The molecule has 6 nitrogen and oxygen atoms in total. The number of aldehydes is 2. The fourth-order valence-corrected chi connectivity index (χ4v) is 1.22. The molecule has 0 bridgehead atoms. The molecule has 7 heteroatoms. The lowest BCUT2D eigenvalue weighted by Crippen LogP contribution is -2.03. The van der Waals surface area contributed by atoms with Crippen molar-refractivity contribution in [1.82, 2.24) is 0 Å². The molecule has 0 aromatic rings. The molecule has 0 fully saturated rings. The predicted octanol–water partition coefficient (Wildman–Crippen LogP) is -0.440. The van der Waals surface area contributed by atoms with Crippen LogP contribution in [0.4, 0.5) is 0 Å². The second-order valence-corrected chi connectivity index (χ2v) is 3.70. The van der Waals surface area contributed by atoms with Gasteiger partial charge in [-0.2, -0.15) is 0 Å². The highest BCUT2D eigenvalue weighted by Gasteiger charge is 2.22. The van der Waals surface area contributed by atoms with Crippen LogP contribution in [0.15, 0.2) is 0 Å². The van der Waals surface area contributed by atoms with Crippen LogP contribution in [-0.2, 0) is 23.2 Å². The van der Waals surface area contributed by atoms with Gasteiger partial charge in [0.05, 0.1) is 0 Å². The van der Waals surface area contributed by atoms with E-state index < -0.39 is 27.2 Å². The number of rotatable bonds is 7. The zero-order valence-corrected chi connectivity index (χ0v) is 7.11. The molecule has 0 rings (SSSR count). The Hall–Kier alpha value is -0.550. The van der Waals surface area contributed by atoms with E-state index in [1.165, 1.54) is 0 Å². The van der Waals surface area contributed by atoms with Gasteiger partial charge in [-0.25, -0.2) is 0 Å². The van der Waals surface area contributed by atoms with Gasteiger partial charge in [-0.15, -0.1) is 0 Å². The van der Waals surface area contributed by atoms with E-state index in [-0.39, 0.29) is 0 Å². The molecule has 0 aromatic heterocycles. The lowest BCUT2D eigenvalue weighted by Gasteiger charge is -2.12. The maximum atomic E-state index is 11.1. The molecule has 0 aliphatic carbocycles. The van der Waals surface area contributed by atoms with Gasteiger partial charge in [-0.1, -0.05) is 0 Å². The number of hydrogen-bond donors (Lipinski definition) is 1. The topological polar surface area (TPSA) is 89.9 Å². The fraction of sp³-hybridized carbons (Fsp3) is 0.600. The summed E-state index contributed by atoms with van der Waals surface area (Å²) < 4.78 is 19.9. The van der Waals surface area contributed by atoms with Crippen LogP contribution in [0.25, 0.3) is 0 Å². The minimum absolute atomic E-state index is 0.368. The summed E-state index contributed by atoms with van der Waals surface area (Å²) in [6.45, 7) is -0.868. The second kappa shape index (κ2) is 6.02. The van der Waals surface area contributed by atoms with Crippen molar-refractivity contribution in [3.8, 4) is 0 Å². The maximum Gasteiger partial charge on any atom is 0.356 e. The van der Waals surface area contributed by atoms with Crippen molar-refractivity contribution in [1.29, 1.82) is 0 Å². The van der Waals surface area contributed by atoms with E-state index in [0.717, 1.165) is 0 Å². The normalized spacial score (nSPS) is 11.1. The van der Waals surface area contributed by atoms with Gasteiger partial charge in [0.2, 0.25) is 0 Å². The highest BCUT2D eigenvalue weighted by atomic mass is 31.2. The van der Waals surface area contributed by atoms with Crippen molar-refractivity contribution in [2.45, 2.75) is 0 Å². The van der Waals surface area contributed by atoms with Crippen LogP contribution in [-0.4, -0.2) is 37.2 Å². The van der Waals surface area contributed by atoms with Crippen LogP contribution < -0.4 is 0 Å². The highest BCUT2D eigenvalue weighted by molar-refractivity contribution is 7.53. The third-order valence-electron chi connectivity index (χ3n) is 0.852. The quantitative estimate of drug-likeness (QED) is 0.438. The molecule has 0 aliphatic rings. The predicted molar refractivity (Wildman–Crippen MR) is 38.7 cm³/mol. The van der Waals surface area contributed by atoms with E-state index in [4.69, 9.17) is 5.11 Å². The number of hydrogen-bond acceptors (Lipinski definition) is 6. The summed E-state index contributed by atoms with van der Waals surface area (Å²) in [7, 11) is -3.64. The third-order valence-corrected chi connectivity index (χ3v) is 2.28. The van der Waals surface area contributed by atoms with E-state index in [0.29, 0.717) is 12.6 Å².